The summed E-state index contributed by atoms with van der Waals surface area (Å²) < 4.78 is 0. The first kappa shape index (κ1) is 19.7. The zero-order valence-electron chi connectivity index (χ0n) is 17.1. The van der Waals surface area contributed by atoms with Gasteiger partial charge in [0, 0.05) is 36.7 Å². The summed E-state index contributed by atoms with van der Waals surface area (Å²) >= 11 is 0. The minimum Gasteiger partial charge on any atom is -0.353 e. The molecule has 3 nitrogen and oxygen atoms in total. The SMILES string of the molecule is O=C(CC[C@@H]1CCCN(Cc2ccccc2C#Cc2ccccc2)C1)NC1CC1. The van der Waals surface area contributed by atoms with Crippen LogP contribution in [0.25, 0.3) is 0 Å². The quantitative estimate of drug-likeness (QED) is 0.748. The summed E-state index contributed by atoms with van der Waals surface area (Å²) in [4.78, 5) is 14.5. The number of nitrogens with zero attached hydrogens (tertiary/aromatic N) is 1. The predicted molar refractivity (Wildman–Crippen MR) is 117 cm³/mol. The lowest BCUT2D eigenvalue weighted by molar-refractivity contribution is -0.121. The molecule has 1 saturated heterocycles. The monoisotopic (exact) mass is 386 g/mol. The molecule has 2 aliphatic rings. The van der Waals surface area contributed by atoms with Crippen LogP contribution in [-0.4, -0.2) is 29.9 Å². The van der Waals surface area contributed by atoms with Crippen molar-refractivity contribution in [2.24, 2.45) is 5.92 Å². The predicted octanol–water partition coefficient (Wildman–Crippen LogP) is 4.36. The second-order valence-corrected chi connectivity index (χ2v) is 8.40. The number of amides is 1. The number of likely N-dealkylation sites (tertiary alicyclic amines) is 1. The Morgan fingerprint density at radius 1 is 1.00 bits per heavy atom. The maximum Gasteiger partial charge on any atom is 0.220 e. The van der Waals surface area contributed by atoms with E-state index in [0.717, 1.165) is 50.0 Å². The van der Waals surface area contributed by atoms with Gasteiger partial charge < -0.3 is 5.32 Å². The van der Waals surface area contributed by atoms with Gasteiger partial charge in [-0.2, -0.15) is 0 Å². The van der Waals surface area contributed by atoms with Crippen LogP contribution < -0.4 is 5.32 Å². The van der Waals surface area contributed by atoms with E-state index >= 15 is 0 Å². The summed E-state index contributed by atoms with van der Waals surface area (Å²) in [6, 6.07) is 19.1. The molecule has 0 bridgehead atoms. The second kappa shape index (κ2) is 9.76. The zero-order valence-corrected chi connectivity index (χ0v) is 17.1. The van der Waals surface area contributed by atoms with Gasteiger partial charge >= 0.3 is 0 Å². The fourth-order valence-corrected chi connectivity index (χ4v) is 4.08. The van der Waals surface area contributed by atoms with Crippen molar-refractivity contribution in [3.05, 3.63) is 71.3 Å². The minimum absolute atomic E-state index is 0.242. The number of nitrogens with one attached hydrogen (secondary N) is 1. The molecule has 2 fully saturated rings. The normalized spacial score (nSPS) is 19.2. The van der Waals surface area contributed by atoms with Crippen LogP contribution in [0, 0.1) is 17.8 Å². The maximum atomic E-state index is 12.0. The van der Waals surface area contributed by atoms with Gasteiger partial charge in [-0.25, -0.2) is 0 Å². The maximum absolute atomic E-state index is 12.0. The third-order valence-corrected chi connectivity index (χ3v) is 5.85. The van der Waals surface area contributed by atoms with Crippen molar-refractivity contribution in [3.8, 4) is 11.8 Å². The van der Waals surface area contributed by atoms with Gasteiger partial charge in [0.2, 0.25) is 5.91 Å². The third-order valence-electron chi connectivity index (χ3n) is 5.85. The van der Waals surface area contributed by atoms with E-state index in [-0.39, 0.29) is 5.91 Å². The lowest BCUT2D eigenvalue weighted by atomic mass is 9.92. The Morgan fingerprint density at radius 3 is 2.62 bits per heavy atom. The van der Waals surface area contributed by atoms with Crippen molar-refractivity contribution in [3.63, 3.8) is 0 Å². The first-order chi connectivity index (χ1) is 14.3. The minimum atomic E-state index is 0.242. The van der Waals surface area contributed by atoms with Crippen LogP contribution in [-0.2, 0) is 11.3 Å². The van der Waals surface area contributed by atoms with E-state index in [0.29, 0.717) is 18.4 Å². The molecule has 1 N–H and O–H groups in total. The molecule has 4 rings (SSSR count). The van der Waals surface area contributed by atoms with E-state index in [4.69, 9.17) is 0 Å². The van der Waals surface area contributed by atoms with Crippen LogP contribution in [0.5, 0.6) is 0 Å². The molecule has 1 atom stereocenters. The molecule has 2 aromatic carbocycles. The van der Waals surface area contributed by atoms with Crippen molar-refractivity contribution in [2.75, 3.05) is 13.1 Å². The molecule has 1 aliphatic heterocycles. The molecule has 2 aromatic rings. The van der Waals surface area contributed by atoms with Crippen LogP contribution in [0.3, 0.4) is 0 Å². The molecule has 150 valence electrons. The van der Waals surface area contributed by atoms with Crippen LogP contribution in [0.15, 0.2) is 54.6 Å². The van der Waals surface area contributed by atoms with E-state index in [2.05, 4.69) is 46.3 Å². The zero-order chi connectivity index (χ0) is 19.9. The smallest absolute Gasteiger partial charge is 0.220 e. The molecule has 1 amide bonds. The van der Waals surface area contributed by atoms with Crippen molar-refractivity contribution in [1.29, 1.82) is 0 Å². The fourth-order valence-electron chi connectivity index (χ4n) is 4.08. The van der Waals surface area contributed by atoms with Crippen molar-refractivity contribution in [1.82, 2.24) is 10.2 Å². The Morgan fingerprint density at radius 2 is 1.79 bits per heavy atom. The van der Waals surface area contributed by atoms with Crippen molar-refractivity contribution in [2.45, 2.75) is 51.1 Å². The number of rotatable bonds is 6. The highest BCUT2D eigenvalue weighted by Crippen LogP contribution is 2.24. The molecule has 0 aromatic heterocycles. The summed E-state index contributed by atoms with van der Waals surface area (Å²) in [5, 5.41) is 3.11. The highest BCUT2D eigenvalue weighted by atomic mass is 16.1. The van der Waals surface area contributed by atoms with Crippen LogP contribution >= 0.6 is 0 Å². The average molecular weight is 387 g/mol. The summed E-state index contributed by atoms with van der Waals surface area (Å²) in [6.07, 6.45) is 6.46. The highest BCUT2D eigenvalue weighted by Gasteiger charge is 2.25. The molecular weight excluding hydrogens is 356 g/mol. The van der Waals surface area contributed by atoms with Gasteiger partial charge in [0.05, 0.1) is 0 Å². The van der Waals surface area contributed by atoms with E-state index in [1.54, 1.807) is 0 Å². The van der Waals surface area contributed by atoms with E-state index in [1.165, 1.54) is 18.4 Å². The molecule has 1 saturated carbocycles. The van der Waals surface area contributed by atoms with Crippen molar-refractivity contribution >= 4 is 5.91 Å². The van der Waals surface area contributed by atoms with Gasteiger partial charge in [-0.15, -0.1) is 0 Å². The molecule has 0 spiro atoms. The van der Waals surface area contributed by atoms with Gasteiger partial charge in [0.15, 0.2) is 0 Å². The van der Waals surface area contributed by atoms with E-state index in [9.17, 15) is 4.79 Å². The molecular formula is C26H30N2O. The van der Waals surface area contributed by atoms with Gasteiger partial charge in [-0.3, -0.25) is 9.69 Å². The number of carbonyl (C=O) groups is 1. The summed E-state index contributed by atoms with van der Waals surface area (Å²) in [5.41, 5.74) is 3.45. The fraction of sp³-hybridized carbons (Fsp3) is 0.423. The van der Waals surface area contributed by atoms with Gasteiger partial charge in [0.1, 0.15) is 0 Å². The standard InChI is InChI=1S/C26H30N2O/c29-26(27-25-15-16-25)17-13-22-9-6-18-28(19-22)20-24-11-5-4-10-23(24)14-12-21-7-2-1-3-8-21/h1-5,7-8,10-11,22,25H,6,9,13,15-20H2,(H,27,29)/t22-/m0/s1. The summed E-state index contributed by atoms with van der Waals surface area (Å²) in [6.45, 7) is 3.15. The van der Waals surface area contributed by atoms with Gasteiger partial charge in [0.25, 0.3) is 0 Å². The Kier molecular flexibility index (Phi) is 6.64. The summed E-state index contributed by atoms with van der Waals surface area (Å²) in [7, 11) is 0. The molecule has 3 heteroatoms. The number of piperidine rings is 1. The topological polar surface area (TPSA) is 32.3 Å². The largest absolute Gasteiger partial charge is 0.353 e. The molecule has 0 radical (unpaired) electrons. The second-order valence-electron chi connectivity index (χ2n) is 8.40. The number of hydrogen-bond donors (Lipinski definition) is 1. The first-order valence-corrected chi connectivity index (χ1v) is 10.9. The Hall–Kier alpha value is -2.57. The highest BCUT2D eigenvalue weighted by molar-refractivity contribution is 5.76. The van der Waals surface area contributed by atoms with Gasteiger partial charge in [-0.1, -0.05) is 48.2 Å². The number of carbonyl (C=O) groups excluding carboxylic acids is 1. The van der Waals surface area contributed by atoms with E-state index in [1.807, 2.05) is 30.3 Å². The van der Waals surface area contributed by atoms with Crippen LogP contribution in [0.2, 0.25) is 0 Å². The number of benzene rings is 2. The van der Waals surface area contributed by atoms with Crippen LogP contribution in [0.4, 0.5) is 0 Å². The average Bonchev–Trinajstić information content (AvgIpc) is 3.57. The molecule has 1 heterocycles. The first-order valence-electron chi connectivity index (χ1n) is 10.9. The number of hydrogen-bond acceptors (Lipinski definition) is 2. The Bertz CT molecular complexity index is 876. The third kappa shape index (κ3) is 6.21. The van der Waals surface area contributed by atoms with E-state index < -0.39 is 0 Å². The lowest BCUT2D eigenvalue weighted by Crippen LogP contribution is -2.36. The van der Waals surface area contributed by atoms with Gasteiger partial charge in [-0.05, 0) is 68.3 Å². The van der Waals surface area contributed by atoms with Crippen LogP contribution in [0.1, 0.15) is 55.2 Å². The Labute approximate surface area is 174 Å². The lowest BCUT2D eigenvalue weighted by Gasteiger charge is -2.33. The molecule has 0 unspecified atom stereocenters. The summed E-state index contributed by atoms with van der Waals surface area (Å²) in [5.74, 6) is 7.52. The molecule has 29 heavy (non-hydrogen) atoms. The Balaban J connectivity index is 1.34. The van der Waals surface area contributed by atoms with Crippen molar-refractivity contribution < 1.29 is 4.79 Å². The molecule has 1 aliphatic carbocycles.